The maximum Gasteiger partial charge on any atom is 0.0641 e. The van der Waals surface area contributed by atoms with E-state index in [4.69, 9.17) is 0 Å². The standard InChI is InChI=1S/C96H60N4/c1-57-51-79(58(2)80-55-66(41-44-68(57)80)98-86-37-17-14-32-78(86)94-90(98)48-47-75-72-29-11-15-35-84(72)99(96(75)94)65-42-45-70-63(52-65)40-39-61-25-9-10-28-69(61)70)64-53-81(59-21-5-3-6-22-59)95(82(54-64)60-23-7-4-8-24-60)100-87-38-18-13-31-77(87)93-89(100)50-49-88-92(93)76-30-12-16-36-85(76)97(88)67-43-46-71-73-33-19-26-62-27-20-34-74(91(62)73)83(71)56-67/h3-56H,1-2H3. The minimum absolute atomic E-state index is 1.13. The number of fused-ring (bicyclic) bond motifs is 21. The molecule has 4 heteroatoms. The van der Waals surface area contributed by atoms with E-state index < -0.39 is 0 Å². The minimum Gasteiger partial charge on any atom is -0.309 e. The lowest BCUT2D eigenvalue weighted by atomic mass is 9.87. The molecule has 0 amide bonds. The largest absolute Gasteiger partial charge is 0.309 e. The fourth-order valence-electron chi connectivity index (χ4n) is 18.0. The third kappa shape index (κ3) is 7.65. The third-order valence-electron chi connectivity index (χ3n) is 22.3. The normalized spacial score (nSPS) is 12.3. The first-order valence-corrected chi connectivity index (χ1v) is 34.8. The zero-order chi connectivity index (χ0) is 65.6. The molecular formula is C96H60N4. The minimum atomic E-state index is 1.13. The Morgan fingerprint density at radius 2 is 0.670 bits per heavy atom. The Bertz CT molecular complexity index is 7090. The van der Waals surface area contributed by atoms with Gasteiger partial charge >= 0.3 is 0 Å². The first kappa shape index (κ1) is 55.1. The summed E-state index contributed by atoms with van der Waals surface area (Å²) < 4.78 is 10.1. The number of rotatable bonds is 7. The first-order valence-electron chi connectivity index (χ1n) is 34.8. The van der Waals surface area contributed by atoms with Gasteiger partial charge in [-0.15, -0.1) is 0 Å². The molecule has 0 fully saturated rings. The van der Waals surface area contributed by atoms with Crippen molar-refractivity contribution in [1.29, 1.82) is 0 Å². The topological polar surface area (TPSA) is 19.7 Å². The van der Waals surface area contributed by atoms with Gasteiger partial charge in [0.15, 0.2) is 0 Å². The van der Waals surface area contributed by atoms with Crippen molar-refractivity contribution in [3.63, 3.8) is 0 Å². The van der Waals surface area contributed by atoms with Gasteiger partial charge in [-0.05, 0) is 204 Å². The van der Waals surface area contributed by atoms with Gasteiger partial charge < -0.3 is 18.3 Å². The fraction of sp³-hybridized carbons (Fsp3) is 0.0208. The summed E-state index contributed by atoms with van der Waals surface area (Å²) >= 11 is 0. The van der Waals surface area contributed by atoms with Gasteiger partial charge in [-0.3, -0.25) is 0 Å². The second-order valence-corrected chi connectivity index (χ2v) is 27.5. The van der Waals surface area contributed by atoms with Gasteiger partial charge in [-0.2, -0.15) is 0 Å². The van der Waals surface area contributed by atoms with Crippen LogP contribution in [-0.4, -0.2) is 18.3 Å². The molecule has 0 saturated heterocycles. The second-order valence-electron chi connectivity index (χ2n) is 27.5. The molecule has 4 aromatic heterocycles. The van der Waals surface area contributed by atoms with Gasteiger partial charge in [0.05, 0.1) is 49.8 Å². The molecule has 1 aliphatic rings. The predicted molar refractivity (Wildman–Crippen MR) is 424 cm³/mol. The molecule has 0 atom stereocenters. The van der Waals surface area contributed by atoms with Crippen LogP contribution in [0.2, 0.25) is 0 Å². The molecule has 0 unspecified atom stereocenters. The number of aryl methyl sites for hydroxylation is 2. The van der Waals surface area contributed by atoms with Gasteiger partial charge in [0, 0.05) is 71.3 Å². The van der Waals surface area contributed by atoms with Crippen molar-refractivity contribution in [3.8, 4) is 78.4 Å². The zero-order valence-electron chi connectivity index (χ0n) is 55.0. The maximum atomic E-state index is 2.59. The highest BCUT2D eigenvalue weighted by Gasteiger charge is 2.29. The van der Waals surface area contributed by atoms with E-state index in [0.29, 0.717) is 0 Å². The lowest BCUT2D eigenvalue weighted by Gasteiger charge is -2.22. The predicted octanol–water partition coefficient (Wildman–Crippen LogP) is 26.0. The van der Waals surface area contributed by atoms with Gasteiger partial charge in [-0.25, -0.2) is 0 Å². The Balaban J connectivity index is 0.750. The zero-order valence-corrected chi connectivity index (χ0v) is 55.0. The van der Waals surface area contributed by atoms with E-state index in [-0.39, 0.29) is 0 Å². The van der Waals surface area contributed by atoms with E-state index >= 15 is 0 Å². The number of nitrogens with zero attached hydrogens (tertiary/aromatic N) is 4. The van der Waals surface area contributed by atoms with Crippen molar-refractivity contribution in [2.75, 3.05) is 0 Å². The van der Waals surface area contributed by atoms with Crippen molar-refractivity contribution in [3.05, 3.63) is 339 Å². The summed E-state index contributed by atoms with van der Waals surface area (Å²) in [6.07, 6.45) is 0. The van der Waals surface area contributed by atoms with Crippen LogP contribution in [0.15, 0.2) is 328 Å². The van der Waals surface area contributed by atoms with Crippen LogP contribution in [0.3, 0.4) is 0 Å². The molecule has 17 aromatic carbocycles. The number of hydrogen-bond acceptors (Lipinski definition) is 0. The number of aromatic nitrogens is 4. The smallest absolute Gasteiger partial charge is 0.0641 e. The molecule has 0 saturated carbocycles. The van der Waals surface area contributed by atoms with Crippen LogP contribution in [0.25, 0.3) is 209 Å². The van der Waals surface area contributed by atoms with Crippen molar-refractivity contribution in [2.45, 2.75) is 13.8 Å². The highest BCUT2D eigenvalue weighted by Crippen LogP contribution is 2.52. The van der Waals surface area contributed by atoms with Crippen LogP contribution in [-0.2, 0) is 0 Å². The van der Waals surface area contributed by atoms with E-state index in [2.05, 4.69) is 360 Å². The average molecular weight is 1270 g/mol. The summed E-state index contributed by atoms with van der Waals surface area (Å²) in [5.41, 5.74) is 28.7. The van der Waals surface area contributed by atoms with Gasteiger partial charge in [0.2, 0.25) is 0 Å². The number of para-hydroxylation sites is 4. The molecule has 21 aromatic rings. The highest BCUT2D eigenvalue weighted by molar-refractivity contribution is 6.30. The van der Waals surface area contributed by atoms with Crippen molar-refractivity contribution in [1.82, 2.24) is 18.3 Å². The molecule has 1 aliphatic carbocycles. The highest BCUT2D eigenvalue weighted by atomic mass is 15.0. The van der Waals surface area contributed by atoms with Gasteiger partial charge in [0.25, 0.3) is 0 Å². The van der Waals surface area contributed by atoms with Crippen LogP contribution >= 0.6 is 0 Å². The fourth-order valence-corrected chi connectivity index (χ4v) is 18.0. The molecule has 0 bridgehead atoms. The lowest BCUT2D eigenvalue weighted by Crippen LogP contribution is -2.02. The molecule has 0 radical (unpaired) electrons. The SMILES string of the molecule is Cc1cc(-c2cc(-c3ccccc3)c(-n3c4ccccc4c4c5c6ccccc6n(-c6ccc7c(c6)-c6cccc8cccc-7c68)c5ccc43)c(-c3ccccc3)c2)c(C)c2cc(-n3c4ccccc4c4c3ccc3c5ccccc5n(-c5ccc6c(ccc7ccccc76)c5)c34)ccc12. The average Bonchev–Trinajstić information content (AvgIpc) is 1.54. The monoisotopic (exact) mass is 1270 g/mol. The van der Waals surface area contributed by atoms with Crippen molar-refractivity contribution in [2.24, 2.45) is 0 Å². The maximum absolute atomic E-state index is 2.59. The summed E-state index contributed by atoms with van der Waals surface area (Å²) in [4.78, 5) is 0. The second kappa shape index (κ2) is 20.8. The summed E-state index contributed by atoms with van der Waals surface area (Å²) in [5.74, 6) is 0. The lowest BCUT2D eigenvalue weighted by molar-refractivity contribution is 1.17. The molecule has 22 rings (SSSR count). The summed E-state index contributed by atoms with van der Waals surface area (Å²) in [6, 6.07) is 123. The van der Waals surface area contributed by atoms with E-state index in [9.17, 15) is 0 Å². The molecular weight excluding hydrogens is 1210 g/mol. The first-order chi connectivity index (χ1) is 49.5. The molecule has 4 heterocycles. The molecule has 100 heavy (non-hydrogen) atoms. The summed E-state index contributed by atoms with van der Waals surface area (Å²) in [7, 11) is 0. The molecule has 4 nitrogen and oxygen atoms in total. The Morgan fingerprint density at radius 1 is 0.200 bits per heavy atom. The van der Waals surface area contributed by atoms with E-state index in [1.54, 1.807) is 0 Å². The molecule has 464 valence electrons. The van der Waals surface area contributed by atoms with Crippen LogP contribution < -0.4 is 0 Å². The third-order valence-corrected chi connectivity index (χ3v) is 22.3. The Kier molecular flexibility index (Phi) is 11.4. The Morgan fingerprint density at radius 3 is 1.34 bits per heavy atom. The van der Waals surface area contributed by atoms with Crippen molar-refractivity contribution < 1.29 is 0 Å². The Labute approximate surface area is 575 Å². The summed E-state index contributed by atoms with van der Waals surface area (Å²) in [5, 5.41) is 20.0. The molecule has 0 N–H and O–H groups in total. The van der Waals surface area contributed by atoms with Crippen LogP contribution in [0.1, 0.15) is 11.1 Å². The van der Waals surface area contributed by atoms with Gasteiger partial charge in [0.1, 0.15) is 0 Å². The van der Waals surface area contributed by atoms with E-state index in [1.807, 2.05) is 0 Å². The van der Waals surface area contributed by atoms with E-state index in [1.165, 1.54) is 164 Å². The van der Waals surface area contributed by atoms with Crippen LogP contribution in [0, 0.1) is 13.8 Å². The van der Waals surface area contributed by atoms with Crippen LogP contribution in [0.5, 0.6) is 0 Å². The molecule has 0 aliphatic heterocycles. The van der Waals surface area contributed by atoms with Crippen molar-refractivity contribution >= 4 is 130 Å². The molecule has 0 spiro atoms. The van der Waals surface area contributed by atoms with E-state index in [0.717, 1.165) is 56.0 Å². The summed E-state index contributed by atoms with van der Waals surface area (Å²) in [6.45, 7) is 4.64. The Hall–Kier alpha value is -13.0. The quantitative estimate of drug-likeness (QED) is 0.142. The number of benzene rings is 17. The van der Waals surface area contributed by atoms with Crippen LogP contribution in [0.4, 0.5) is 0 Å². The number of hydrogen-bond donors (Lipinski definition) is 0. The van der Waals surface area contributed by atoms with Gasteiger partial charge in [-0.1, -0.05) is 237 Å².